The smallest absolute Gasteiger partial charge is 0.311 e. The van der Waals surface area contributed by atoms with Gasteiger partial charge in [-0.2, -0.15) is 0 Å². The third-order valence-electron chi connectivity index (χ3n) is 3.09. The van der Waals surface area contributed by atoms with Crippen molar-refractivity contribution in [2.45, 2.75) is 18.9 Å². The van der Waals surface area contributed by atoms with Gasteiger partial charge in [-0.15, -0.1) is 0 Å². The van der Waals surface area contributed by atoms with Crippen LogP contribution in [0.4, 0.5) is 11.4 Å². The van der Waals surface area contributed by atoms with Crippen molar-refractivity contribution in [2.24, 2.45) is 0 Å². The van der Waals surface area contributed by atoms with Crippen LogP contribution in [0.25, 0.3) is 0 Å². The Morgan fingerprint density at radius 2 is 2.44 bits per heavy atom. The van der Waals surface area contributed by atoms with E-state index in [1.165, 1.54) is 6.20 Å². The molecule has 0 aliphatic carbocycles. The zero-order chi connectivity index (χ0) is 13.1. The molecule has 7 heteroatoms. The summed E-state index contributed by atoms with van der Waals surface area (Å²) in [6.45, 7) is 1.78. The summed E-state index contributed by atoms with van der Waals surface area (Å²) in [4.78, 5) is 16.4. The van der Waals surface area contributed by atoms with Gasteiger partial charge in [-0.3, -0.25) is 15.1 Å². The number of hydrogen-bond donors (Lipinski definition) is 1. The number of hydrogen-bond acceptors (Lipinski definition) is 5. The first-order valence-electron chi connectivity index (χ1n) is 5.82. The normalized spacial score (nSPS) is 18.9. The molecule has 6 nitrogen and oxygen atoms in total. The predicted molar refractivity (Wildman–Crippen MR) is 72.9 cm³/mol. The Kier molecular flexibility index (Phi) is 4.13. The second-order valence-electron chi connectivity index (χ2n) is 4.42. The standard InChI is InChI=1S/C11H15BrN4O2/c1-15(7-8-3-2-4-14-8)11-9(12)5-13-6-10(11)16(17)18/h5-6,8,14H,2-4,7H2,1H3. The molecule has 98 valence electrons. The molecule has 1 aliphatic rings. The number of nitro groups is 1. The van der Waals surface area contributed by atoms with Crippen LogP contribution in [-0.2, 0) is 0 Å². The lowest BCUT2D eigenvalue weighted by atomic mass is 10.2. The molecule has 1 atom stereocenters. The first kappa shape index (κ1) is 13.2. The predicted octanol–water partition coefficient (Wildman–Crippen LogP) is 1.94. The van der Waals surface area contributed by atoms with Crippen molar-refractivity contribution >= 4 is 27.3 Å². The molecular formula is C11H15BrN4O2. The zero-order valence-electron chi connectivity index (χ0n) is 10.1. The minimum atomic E-state index is -0.397. The van der Waals surface area contributed by atoms with Crippen LogP contribution in [0, 0.1) is 10.1 Å². The molecule has 1 N–H and O–H groups in total. The lowest BCUT2D eigenvalue weighted by molar-refractivity contribution is -0.384. The Morgan fingerprint density at radius 3 is 3.06 bits per heavy atom. The third-order valence-corrected chi connectivity index (χ3v) is 3.67. The molecule has 0 aromatic carbocycles. The second kappa shape index (κ2) is 5.62. The Labute approximate surface area is 114 Å². The molecular weight excluding hydrogens is 300 g/mol. The molecule has 1 unspecified atom stereocenters. The molecule has 0 radical (unpaired) electrons. The van der Waals surface area contributed by atoms with Gasteiger partial charge in [0.05, 0.1) is 9.40 Å². The number of nitrogens with one attached hydrogen (secondary N) is 1. The van der Waals surface area contributed by atoms with Crippen molar-refractivity contribution < 1.29 is 4.92 Å². The van der Waals surface area contributed by atoms with Gasteiger partial charge in [-0.05, 0) is 35.3 Å². The summed E-state index contributed by atoms with van der Waals surface area (Å²) in [5.41, 5.74) is 0.619. The lowest BCUT2D eigenvalue weighted by Crippen LogP contribution is -2.35. The molecule has 0 bridgehead atoms. The molecule has 0 spiro atoms. The molecule has 1 saturated heterocycles. The highest BCUT2D eigenvalue weighted by molar-refractivity contribution is 9.10. The van der Waals surface area contributed by atoms with Crippen molar-refractivity contribution in [3.05, 3.63) is 27.0 Å². The van der Waals surface area contributed by atoms with Crippen molar-refractivity contribution in [1.29, 1.82) is 0 Å². The minimum absolute atomic E-state index is 0.0323. The zero-order valence-corrected chi connectivity index (χ0v) is 11.7. The molecule has 2 heterocycles. The molecule has 18 heavy (non-hydrogen) atoms. The van der Waals surface area contributed by atoms with E-state index in [9.17, 15) is 10.1 Å². The average molecular weight is 315 g/mol. The first-order valence-corrected chi connectivity index (χ1v) is 6.61. The number of anilines is 1. The van der Waals surface area contributed by atoms with E-state index >= 15 is 0 Å². The van der Waals surface area contributed by atoms with Crippen LogP contribution >= 0.6 is 15.9 Å². The summed E-state index contributed by atoms with van der Waals surface area (Å²) in [5, 5.41) is 14.4. The molecule has 1 aromatic heterocycles. The van der Waals surface area contributed by atoms with Gasteiger partial charge in [-0.25, -0.2) is 0 Å². The summed E-state index contributed by atoms with van der Waals surface area (Å²) in [6, 6.07) is 0.398. The Hall–Kier alpha value is -1.21. The summed E-state index contributed by atoms with van der Waals surface area (Å²) in [6.07, 6.45) is 5.15. The summed E-state index contributed by atoms with van der Waals surface area (Å²) >= 11 is 3.34. The maximum Gasteiger partial charge on any atom is 0.311 e. The van der Waals surface area contributed by atoms with Crippen molar-refractivity contribution in [3.8, 4) is 0 Å². The van der Waals surface area contributed by atoms with Crippen LogP contribution in [-0.4, -0.2) is 36.1 Å². The maximum absolute atomic E-state index is 11.0. The number of aromatic nitrogens is 1. The number of nitrogens with zero attached hydrogens (tertiary/aromatic N) is 3. The molecule has 1 aromatic rings. The third kappa shape index (κ3) is 2.78. The monoisotopic (exact) mass is 314 g/mol. The topological polar surface area (TPSA) is 71.3 Å². The Bertz CT molecular complexity index is 449. The van der Waals surface area contributed by atoms with Gasteiger partial charge in [0, 0.05) is 25.8 Å². The fourth-order valence-corrected chi connectivity index (χ4v) is 2.89. The SMILES string of the molecule is CN(CC1CCCN1)c1c(Br)cncc1[N+](=O)[O-]. The molecule has 1 fully saturated rings. The summed E-state index contributed by atoms with van der Waals surface area (Å²) in [5.74, 6) is 0. The molecule has 2 rings (SSSR count). The number of pyridine rings is 1. The van der Waals surface area contributed by atoms with Crippen LogP contribution in [0.15, 0.2) is 16.9 Å². The largest absolute Gasteiger partial charge is 0.366 e. The van der Waals surface area contributed by atoms with E-state index in [0.717, 1.165) is 25.9 Å². The highest BCUT2D eigenvalue weighted by atomic mass is 79.9. The van der Waals surface area contributed by atoms with Crippen LogP contribution < -0.4 is 10.2 Å². The fraction of sp³-hybridized carbons (Fsp3) is 0.545. The van der Waals surface area contributed by atoms with E-state index < -0.39 is 4.92 Å². The van der Waals surface area contributed by atoms with Crippen LogP contribution in [0.1, 0.15) is 12.8 Å². The quantitative estimate of drug-likeness (QED) is 0.679. The Morgan fingerprint density at radius 1 is 1.67 bits per heavy atom. The van der Waals surface area contributed by atoms with Crippen LogP contribution in [0.3, 0.4) is 0 Å². The number of rotatable bonds is 4. The molecule has 0 amide bonds. The van der Waals surface area contributed by atoms with Crippen molar-refractivity contribution in [3.63, 3.8) is 0 Å². The van der Waals surface area contributed by atoms with Gasteiger partial charge in [0.25, 0.3) is 0 Å². The van der Waals surface area contributed by atoms with Gasteiger partial charge >= 0.3 is 5.69 Å². The minimum Gasteiger partial charge on any atom is -0.366 e. The number of likely N-dealkylation sites (N-methyl/N-ethyl adjacent to an activating group) is 1. The Balaban J connectivity index is 2.22. The summed E-state index contributed by atoms with van der Waals surface area (Å²) in [7, 11) is 1.87. The number of halogens is 1. The molecule has 1 aliphatic heterocycles. The van der Waals surface area contributed by atoms with E-state index in [1.807, 2.05) is 11.9 Å². The van der Waals surface area contributed by atoms with Gasteiger partial charge in [-0.1, -0.05) is 0 Å². The van der Waals surface area contributed by atoms with Gasteiger partial charge in [0.2, 0.25) is 0 Å². The van der Waals surface area contributed by atoms with E-state index in [-0.39, 0.29) is 5.69 Å². The van der Waals surface area contributed by atoms with E-state index in [0.29, 0.717) is 16.2 Å². The summed E-state index contributed by atoms with van der Waals surface area (Å²) < 4.78 is 0.650. The van der Waals surface area contributed by atoms with Gasteiger partial charge in [0.1, 0.15) is 11.9 Å². The fourth-order valence-electron chi connectivity index (χ4n) is 2.26. The van der Waals surface area contributed by atoms with E-state index in [4.69, 9.17) is 0 Å². The van der Waals surface area contributed by atoms with Crippen molar-refractivity contribution in [2.75, 3.05) is 25.0 Å². The highest BCUT2D eigenvalue weighted by Crippen LogP contribution is 2.34. The van der Waals surface area contributed by atoms with E-state index in [1.54, 1.807) is 6.20 Å². The van der Waals surface area contributed by atoms with Crippen LogP contribution in [0.2, 0.25) is 0 Å². The van der Waals surface area contributed by atoms with Gasteiger partial charge < -0.3 is 10.2 Å². The first-order chi connectivity index (χ1) is 8.59. The maximum atomic E-state index is 11.0. The van der Waals surface area contributed by atoms with Crippen molar-refractivity contribution in [1.82, 2.24) is 10.3 Å². The average Bonchev–Trinajstić information content (AvgIpc) is 2.81. The highest BCUT2D eigenvalue weighted by Gasteiger charge is 2.24. The van der Waals surface area contributed by atoms with Gasteiger partial charge in [0.15, 0.2) is 0 Å². The second-order valence-corrected chi connectivity index (χ2v) is 5.27. The lowest BCUT2D eigenvalue weighted by Gasteiger charge is -2.23. The molecule has 0 saturated carbocycles. The van der Waals surface area contributed by atoms with Crippen LogP contribution in [0.5, 0.6) is 0 Å². The van der Waals surface area contributed by atoms with E-state index in [2.05, 4.69) is 26.2 Å².